The summed E-state index contributed by atoms with van der Waals surface area (Å²) >= 11 is 0. The van der Waals surface area contributed by atoms with Crippen molar-refractivity contribution >= 4 is 17.9 Å². The Balaban J connectivity index is 1.64. The van der Waals surface area contributed by atoms with Crippen LogP contribution >= 0.6 is 0 Å². The molecule has 0 unspecified atom stereocenters. The van der Waals surface area contributed by atoms with E-state index in [1.165, 1.54) is 36.3 Å². The summed E-state index contributed by atoms with van der Waals surface area (Å²) in [5, 5.41) is 0. The summed E-state index contributed by atoms with van der Waals surface area (Å²) in [6, 6.07) is 21.8. The molecule has 2 amide bonds. The van der Waals surface area contributed by atoms with Crippen LogP contribution in [0.1, 0.15) is 54.0 Å². The highest BCUT2D eigenvalue weighted by Gasteiger charge is 2.34. The Bertz CT molecular complexity index is 1360. The number of alkyl halides is 3. The van der Waals surface area contributed by atoms with Crippen LogP contribution < -0.4 is 0 Å². The van der Waals surface area contributed by atoms with E-state index in [0.717, 1.165) is 55.6 Å². The number of hydrogen-bond acceptors (Lipinski definition) is 3. The molecule has 44 heavy (non-hydrogen) atoms. The molecule has 1 heterocycles. The van der Waals surface area contributed by atoms with Crippen molar-refractivity contribution in [3.05, 3.63) is 113 Å². The van der Waals surface area contributed by atoms with E-state index in [2.05, 4.69) is 24.0 Å². The first kappa shape index (κ1) is 33.0. The standard InChI is InChI=1S/C36H42F3N3O2/c1-3-4-6-9-28-12-14-31(15-13-28)27-42(34(43)21-18-29-16-19-32(20-17-29)36(37,38)39)33(26-30-10-7-5-8-11-30)35(44)41-24-22-40(2)23-25-41/h5,7-8,10-21,33H,3-4,6,9,22-27H2,1-2H3/t33-/m0/s1. The van der Waals surface area contributed by atoms with Crippen LogP contribution in [0.5, 0.6) is 0 Å². The zero-order chi connectivity index (χ0) is 31.5. The first-order valence-corrected chi connectivity index (χ1v) is 15.4. The highest BCUT2D eigenvalue weighted by atomic mass is 19.4. The Kier molecular flexibility index (Phi) is 11.8. The lowest BCUT2D eigenvalue weighted by Crippen LogP contribution is -2.55. The van der Waals surface area contributed by atoms with E-state index >= 15 is 0 Å². The number of aryl methyl sites for hydroxylation is 1. The average molecular weight is 606 g/mol. The van der Waals surface area contributed by atoms with Gasteiger partial charge in [-0.15, -0.1) is 0 Å². The molecule has 1 aliphatic heterocycles. The summed E-state index contributed by atoms with van der Waals surface area (Å²) < 4.78 is 39.1. The maximum atomic E-state index is 14.1. The smallest absolute Gasteiger partial charge is 0.338 e. The number of benzene rings is 3. The quantitative estimate of drug-likeness (QED) is 0.167. The monoisotopic (exact) mass is 605 g/mol. The summed E-state index contributed by atoms with van der Waals surface area (Å²) in [6.07, 6.45) is 3.21. The van der Waals surface area contributed by atoms with Gasteiger partial charge in [-0.05, 0) is 60.4 Å². The van der Waals surface area contributed by atoms with E-state index in [-0.39, 0.29) is 18.4 Å². The predicted octanol–water partition coefficient (Wildman–Crippen LogP) is 6.87. The van der Waals surface area contributed by atoms with Gasteiger partial charge in [-0.1, -0.05) is 86.5 Å². The minimum absolute atomic E-state index is 0.102. The zero-order valence-corrected chi connectivity index (χ0v) is 25.6. The van der Waals surface area contributed by atoms with Crippen molar-refractivity contribution in [2.75, 3.05) is 33.2 Å². The predicted molar refractivity (Wildman–Crippen MR) is 169 cm³/mol. The van der Waals surface area contributed by atoms with E-state index < -0.39 is 17.8 Å². The Labute approximate surface area is 259 Å². The number of likely N-dealkylation sites (N-methyl/N-ethyl adjacent to an activating group) is 1. The second-order valence-corrected chi connectivity index (χ2v) is 11.5. The average Bonchev–Trinajstić information content (AvgIpc) is 3.02. The van der Waals surface area contributed by atoms with Crippen LogP contribution in [0.4, 0.5) is 13.2 Å². The van der Waals surface area contributed by atoms with Crippen LogP contribution in [0.25, 0.3) is 6.08 Å². The molecule has 8 heteroatoms. The molecule has 1 atom stereocenters. The molecule has 1 aliphatic rings. The van der Waals surface area contributed by atoms with Crippen LogP contribution in [-0.4, -0.2) is 65.8 Å². The number of unbranched alkanes of at least 4 members (excludes halogenated alkanes) is 2. The van der Waals surface area contributed by atoms with Crippen molar-refractivity contribution in [2.45, 2.75) is 57.8 Å². The van der Waals surface area contributed by atoms with Crippen LogP contribution in [0.15, 0.2) is 84.9 Å². The molecule has 3 aromatic rings. The van der Waals surface area contributed by atoms with Gasteiger partial charge < -0.3 is 14.7 Å². The second-order valence-electron chi connectivity index (χ2n) is 11.5. The van der Waals surface area contributed by atoms with Crippen LogP contribution in [0, 0.1) is 0 Å². The summed E-state index contributed by atoms with van der Waals surface area (Å²) in [4.78, 5) is 33.7. The highest BCUT2D eigenvalue weighted by molar-refractivity contribution is 5.95. The number of rotatable bonds is 12. The van der Waals surface area contributed by atoms with Gasteiger partial charge in [0.15, 0.2) is 0 Å². The minimum atomic E-state index is -4.44. The van der Waals surface area contributed by atoms with Crippen LogP contribution in [0.3, 0.4) is 0 Å². The molecular weight excluding hydrogens is 563 g/mol. The van der Waals surface area contributed by atoms with Gasteiger partial charge in [-0.25, -0.2) is 0 Å². The summed E-state index contributed by atoms with van der Waals surface area (Å²) in [7, 11) is 2.02. The number of piperazine rings is 1. The third kappa shape index (κ3) is 9.55. The van der Waals surface area contributed by atoms with E-state index in [9.17, 15) is 22.8 Å². The third-order valence-electron chi connectivity index (χ3n) is 8.13. The van der Waals surface area contributed by atoms with Crippen LogP contribution in [-0.2, 0) is 35.2 Å². The maximum absolute atomic E-state index is 14.1. The molecular formula is C36H42F3N3O2. The maximum Gasteiger partial charge on any atom is 0.416 e. The van der Waals surface area contributed by atoms with Gasteiger partial charge >= 0.3 is 6.18 Å². The number of amides is 2. The number of carbonyl (C=O) groups is 2. The second kappa shape index (κ2) is 15.7. The molecule has 4 rings (SSSR count). The Hall–Kier alpha value is -3.91. The van der Waals surface area contributed by atoms with Gasteiger partial charge in [0.2, 0.25) is 11.8 Å². The fraction of sp³-hybridized carbons (Fsp3) is 0.389. The molecule has 0 N–H and O–H groups in total. The first-order valence-electron chi connectivity index (χ1n) is 15.4. The lowest BCUT2D eigenvalue weighted by atomic mass is 10.0. The molecule has 1 saturated heterocycles. The number of hydrogen-bond donors (Lipinski definition) is 0. The Morgan fingerprint density at radius 2 is 1.48 bits per heavy atom. The Morgan fingerprint density at radius 3 is 2.09 bits per heavy atom. The zero-order valence-electron chi connectivity index (χ0n) is 25.6. The van der Waals surface area contributed by atoms with Crippen molar-refractivity contribution in [1.82, 2.24) is 14.7 Å². The molecule has 0 spiro atoms. The fourth-order valence-corrected chi connectivity index (χ4v) is 5.38. The van der Waals surface area contributed by atoms with E-state index in [1.54, 1.807) is 4.90 Å². The number of carbonyl (C=O) groups excluding carboxylic acids is 2. The molecule has 3 aromatic carbocycles. The molecule has 234 valence electrons. The van der Waals surface area contributed by atoms with Gasteiger partial charge in [-0.3, -0.25) is 9.59 Å². The van der Waals surface area contributed by atoms with Gasteiger partial charge in [0, 0.05) is 45.2 Å². The molecule has 0 saturated carbocycles. The number of halogens is 3. The molecule has 0 aromatic heterocycles. The Morgan fingerprint density at radius 1 is 0.841 bits per heavy atom. The van der Waals surface area contributed by atoms with E-state index in [4.69, 9.17) is 0 Å². The third-order valence-corrected chi connectivity index (χ3v) is 8.13. The van der Waals surface area contributed by atoms with Gasteiger partial charge in [0.05, 0.1) is 5.56 Å². The van der Waals surface area contributed by atoms with Crippen molar-refractivity contribution in [1.29, 1.82) is 0 Å². The van der Waals surface area contributed by atoms with Crippen molar-refractivity contribution in [3.8, 4) is 0 Å². The van der Waals surface area contributed by atoms with Gasteiger partial charge in [0.1, 0.15) is 6.04 Å². The number of nitrogens with zero attached hydrogens (tertiary/aromatic N) is 3. The molecule has 1 fully saturated rings. The van der Waals surface area contributed by atoms with Gasteiger partial charge in [0.25, 0.3) is 0 Å². The molecule has 0 radical (unpaired) electrons. The van der Waals surface area contributed by atoms with Crippen molar-refractivity contribution in [2.24, 2.45) is 0 Å². The molecule has 5 nitrogen and oxygen atoms in total. The summed E-state index contributed by atoms with van der Waals surface area (Å²) in [5.41, 5.74) is 2.80. The minimum Gasteiger partial charge on any atom is -0.338 e. The normalized spacial score (nSPS) is 15.0. The van der Waals surface area contributed by atoms with Crippen molar-refractivity contribution < 1.29 is 22.8 Å². The SMILES string of the molecule is CCCCCc1ccc(CN(C(=O)C=Cc2ccc(C(F)(F)F)cc2)[C@@H](Cc2ccccc2)C(=O)N2CCN(C)CC2)cc1. The molecule has 0 bridgehead atoms. The highest BCUT2D eigenvalue weighted by Crippen LogP contribution is 2.29. The summed E-state index contributed by atoms with van der Waals surface area (Å²) in [5.74, 6) is -0.477. The topological polar surface area (TPSA) is 43.9 Å². The van der Waals surface area contributed by atoms with E-state index in [0.29, 0.717) is 25.1 Å². The summed E-state index contributed by atoms with van der Waals surface area (Å²) in [6.45, 7) is 5.07. The van der Waals surface area contributed by atoms with Crippen LogP contribution in [0.2, 0.25) is 0 Å². The van der Waals surface area contributed by atoms with E-state index in [1.807, 2.05) is 54.4 Å². The first-order chi connectivity index (χ1) is 21.1. The lowest BCUT2D eigenvalue weighted by molar-refractivity contribution is -0.145. The largest absolute Gasteiger partial charge is 0.416 e. The fourth-order valence-electron chi connectivity index (χ4n) is 5.38. The lowest BCUT2D eigenvalue weighted by Gasteiger charge is -2.38. The van der Waals surface area contributed by atoms with Crippen molar-refractivity contribution in [3.63, 3.8) is 0 Å². The van der Waals surface area contributed by atoms with Gasteiger partial charge in [-0.2, -0.15) is 13.2 Å². The molecule has 0 aliphatic carbocycles.